The van der Waals surface area contributed by atoms with Gasteiger partial charge in [-0.3, -0.25) is 9.59 Å². The Bertz CT molecular complexity index is 763. The number of sulfonamides is 1. The zero-order chi connectivity index (χ0) is 19.5. The standard InChI is InChI=1S/C18H26N2O5S/c1-13(2)15(20-10-7-11-26(20,24)25)16(21)19-12-18(3,17(22)23)14-8-5-4-6-9-14/h4-6,8-9,13,15H,7,10-12H2,1-3H3,(H,19,21)(H,22,23). The van der Waals surface area contributed by atoms with Gasteiger partial charge in [-0.1, -0.05) is 44.2 Å². The number of nitrogens with one attached hydrogen (secondary N) is 1. The Morgan fingerprint density at radius 2 is 1.88 bits per heavy atom. The number of rotatable bonds is 7. The molecule has 1 aromatic rings. The van der Waals surface area contributed by atoms with Gasteiger partial charge < -0.3 is 10.4 Å². The molecule has 1 amide bonds. The van der Waals surface area contributed by atoms with Crippen LogP contribution in [0.2, 0.25) is 0 Å². The molecule has 1 aliphatic rings. The minimum absolute atomic E-state index is 0.0420. The van der Waals surface area contributed by atoms with Crippen molar-refractivity contribution in [2.75, 3.05) is 18.8 Å². The lowest BCUT2D eigenvalue weighted by Crippen LogP contribution is -2.53. The molecular formula is C18H26N2O5S. The first kappa shape index (κ1) is 20.4. The van der Waals surface area contributed by atoms with E-state index < -0.39 is 33.4 Å². The van der Waals surface area contributed by atoms with E-state index in [1.54, 1.807) is 51.1 Å². The minimum Gasteiger partial charge on any atom is -0.481 e. The summed E-state index contributed by atoms with van der Waals surface area (Å²) in [6, 6.07) is 7.84. The third-order valence-electron chi connectivity index (χ3n) is 4.85. The van der Waals surface area contributed by atoms with Crippen LogP contribution in [0.15, 0.2) is 30.3 Å². The highest BCUT2D eigenvalue weighted by Gasteiger charge is 2.41. The molecule has 0 radical (unpaired) electrons. The second-order valence-corrected chi connectivity index (χ2v) is 9.23. The number of amides is 1. The number of hydrogen-bond donors (Lipinski definition) is 2. The Hall–Kier alpha value is -1.93. The highest BCUT2D eigenvalue weighted by molar-refractivity contribution is 7.89. The smallest absolute Gasteiger partial charge is 0.315 e. The molecule has 8 heteroatoms. The predicted octanol–water partition coefficient (Wildman–Crippen LogP) is 1.21. The highest BCUT2D eigenvalue weighted by atomic mass is 32.2. The van der Waals surface area contributed by atoms with Crippen LogP contribution in [0, 0.1) is 5.92 Å². The van der Waals surface area contributed by atoms with Gasteiger partial charge in [-0.15, -0.1) is 0 Å². The van der Waals surface area contributed by atoms with E-state index in [2.05, 4.69) is 5.32 Å². The van der Waals surface area contributed by atoms with Gasteiger partial charge in [-0.05, 0) is 24.8 Å². The molecule has 144 valence electrons. The van der Waals surface area contributed by atoms with E-state index in [0.29, 0.717) is 18.5 Å². The summed E-state index contributed by atoms with van der Waals surface area (Å²) in [6.45, 7) is 5.30. The van der Waals surface area contributed by atoms with Crippen molar-refractivity contribution in [3.05, 3.63) is 35.9 Å². The number of carbonyl (C=O) groups excluding carboxylic acids is 1. The van der Waals surface area contributed by atoms with E-state index in [9.17, 15) is 23.1 Å². The molecule has 2 unspecified atom stereocenters. The molecule has 7 nitrogen and oxygen atoms in total. The number of carbonyl (C=O) groups is 2. The Morgan fingerprint density at radius 3 is 2.35 bits per heavy atom. The quantitative estimate of drug-likeness (QED) is 0.738. The average molecular weight is 382 g/mol. The van der Waals surface area contributed by atoms with Crippen molar-refractivity contribution >= 4 is 21.9 Å². The fourth-order valence-electron chi connectivity index (χ4n) is 3.21. The van der Waals surface area contributed by atoms with Gasteiger partial charge >= 0.3 is 5.97 Å². The summed E-state index contributed by atoms with van der Waals surface area (Å²) in [6.07, 6.45) is 0.496. The molecule has 1 fully saturated rings. The van der Waals surface area contributed by atoms with Crippen molar-refractivity contribution in [1.29, 1.82) is 0 Å². The van der Waals surface area contributed by atoms with Gasteiger partial charge in [-0.2, -0.15) is 4.31 Å². The van der Waals surface area contributed by atoms with E-state index in [-0.39, 0.29) is 18.2 Å². The Labute approximate surface area is 154 Å². The first-order valence-electron chi connectivity index (χ1n) is 8.66. The molecular weight excluding hydrogens is 356 g/mol. The van der Waals surface area contributed by atoms with Crippen LogP contribution in [-0.2, 0) is 25.0 Å². The van der Waals surface area contributed by atoms with Crippen LogP contribution in [0.3, 0.4) is 0 Å². The predicted molar refractivity (Wildman–Crippen MR) is 98.2 cm³/mol. The van der Waals surface area contributed by atoms with E-state index >= 15 is 0 Å². The molecule has 1 aliphatic heterocycles. The zero-order valence-corrected chi connectivity index (χ0v) is 16.1. The lowest BCUT2D eigenvalue weighted by Gasteiger charge is -2.31. The van der Waals surface area contributed by atoms with Crippen molar-refractivity contribution in [1.82, 2.24) is 9.62 Å². The third-order valence-corrected chi connectivity index (χ3v) is 6.78. The molecule has 1 heterocycles. The maximum absolute atomic E-state index is 12.7. The molecule has 2 rings (SSSR count). The molecule has 0 aliphatic carbocycles. The number of aliphatic carboxylic acids is 1. The second-order valence-electron chi connectivity index (χ2n) is 7.19. The minimum atomic E-state index is -3.44. The number of nitrogens with zero attached hydrogens (tertiary/aromatic N) is 1. The number of carboxylic acid groups (broad SMARTS) is 1. The SMILES string of the molecule is CC(C)C(C(=O)NCC(C)(C(=O)O)c1ccccc1)N1CCCS1(=O)=O. The van der Waals surface area contributed by atoms with Gasteiger partial charge in [0.15, 0.2) is 0 Å². The Balaban J connectivity index is 2.20. The third kappa shape index (κ3) is 4.07. The van der Waals surface area contributed by atoms with Gasteiger partial charge in [-0.25, -0.2) is 8.42 Å². The largest absolute Gasteiger partial charge is 0.481 e. The summed E-state index contributed by atoms with van der Waals surface area (Å²) in [5, 5.41) is 12.4. The Morgan fingerprint density at radius 1 is 1.27 bits per heavy atom. The molecule has 1 aromatic carbocycles. The fraction of sp³-hybridized carbons (Fsp3) is 0.556. The summed E-state index contributed by atoms with van der Waals surface area (Å²) < 4.78 is 25.6. The molecule has 2 atom stereocenters. The van der Waals surface area contributed by atoms with Crippen LogP contribution in [-0.4, -0.2) is 54.6 Å². The monoisotopic (exact) mass is 382 g/mol. The van der Waals surface area contributed by atoms with Crippen molar-refractivity contribution in [2.45, 2.75) is 38.6 Å². The Kier molecular flexibility index (Phi) is 6.08. The zero-order valence-electron chi connectivity index (χ0n) is 15.3. The van der Waals surface area contributed by atoms with Crippen LogP contribution >= 0.6 is 0 Å². The van der Waals surface area contributed by atoms with Crippen LogP contribution < -0.4 is 5.32 Å². The molecule has 0 saturated carbocycles. The van der Waals surface area contributed by atoms with E-state index in [0.717, 1.165) is 0 Å². The van der Waals surface area contributed by atoms with Crippen LogP contribution in [0.4, 0.5) is 0 Å². The molecule has 1 saturated heterocycles. The van der Waals surface area contributed by atoms with Crippen molar-refractivity contribution in [3.63, 3.8) is 0 Å². The normalized spacial score (nSPS) is 20.5. The van der Waals surface area contributed by atoms with E-state index in [1.165, 1.54) is 4.31 Å². The molecule has 0 spiro atoms. The fourth-order valence-corrected chi connectivity index (χ4v) is 5.03. The average Bonchev–Trinajstić information content (AvgIpc) is 2.92. The second kappa shape index (κ2) is 7.75. The van der Waals surface area contributed by atoms with Gasteiger partial charge in [0.25, 0.3) is 0 Å². The maximum atomic E-state index is 12.7. The van der Waals surface area contributed by atoms with Gasteiger partial charge in [0.05, 0.1) is 5.75 Å². The summed E-state index contributed by atoms with van der Waals surface area (Å²) >= 11 is 0. The molecule has 2 N–H and O–H groups in total. The van der Waals surface area contributed by atoms with E-state index in [4.69, 9.17) is 0 Å². The lowest BCUT2D eigenvalue weighted by atomic mass is 9.82. The molecule has 0 aromatic heterocycles. The molecule has 0 bridgehead atoms. The summed E-state index contributed by atoms with van der Waals surface area (Å²) in [5.41, 5.74) is -0.731. The summed E-state index contributed by atoms with van der Waals surface area (Å²) in [7, 11) is -3.44. The van der Waals surface area contributed by atoms with Gasteiger partial charge in [0.2, 0.25) is 15.9 Å². The first-order chi connectivity index (χ1) is 12.1. The van der Waals surface area contributed by atoms with Crippen LogP contribution in [0.5, 0.6) is 0 Å². The summed E-state index contributed by atoms with van der Waals surface area (Å²) in [4.78, 5) is 24.6. The first-order valence-corrected chi connectivity index (χ1v) is 10.3. The number of carboxylic acids is 1. The maximum Gasteiger partial charge on any atom is 0.315 e. The van der Waals surface area contributed by atoms with Crippen molar-refractivity contribution < 1.29 is 23.1 Å². The van der Waals surface area contributed by atoms with Gasteiger partial charge in [0.1, 0.15) is 11.5 Å². The van der Waals surface area contributed by atoms with Crippen molar-refractivity contribution in [2.24, 2.45) is 5.92 Å². The van der Waals surface area contributed by atoms with Crippen molar-refractivity contribution in [3.8, 4) is 0 Å². The topological polar surface area (TPSA) is 104 Å². The van der Waals surface area contributed by atoms with E-state index in [1.807, 2.05) is 0 Å². The lowest BCUT2D eigenvalue weighted by molar-refractivity contribution is -0.143. The number of hydrogen-bond acceptors (Lipinski definition) is 4. The van der Waals surface area contributed by atoms with Crippen LogP contribution in [0.1, 0.15) is 32.8 Å². The highest BCUT2D eigenvalue weighted by Crippen LogP contribution is 2.25. The van der Waals surface area contributed by atoms with Crippen LogP contribution in [0.25, 0.3) is 0 Å². The number of benzene rings is 1. The molecule has 26 heavy (non-hydrogen) atoms. The van der Waals surface area contributed by atoms with Gasteiger partial charge in [0, 0.05) is 13.1 Å². The summed E-state index contributed by atoms with van der Waals surface area (Å²) in [5.74, 6) is -1.70.